The van der Waals surface area contributed by atoms with E-state index in [1.165, 1.54) is 24.1 Å². The van der Waals surface area contributed by atoms with Crippen LogP contribution < -0.4 is 10.2 Å². The molecule has 7 heteroatoms. The fraction of sp³-hybridized carbons (Fsp3) is 0.476. The number of hydrogen-bond acceptors (Lipinski definition) is 5. The Hall–Kier alpha value is -2.83. The third kappa shape index (κ3) is 3.15. The smallest absolute Gasteiger partial charge is 0.225 e. The molecule has 1 aliphatic heterocycles. The summed E-state index contributed by atoms with van der Waals surface area (Å²) in [5.41, 5.74) is 3.69. The van der Waals surface area contributed by atoms with E-state index >= 15 is 0 Å². The molecule has 0 spiro atoms. The first kappa shape index (κ1) is 17.3. The normalized spacial score (nSPS) is 19.6. The molecule has 0 aromatic carbocycles. The lowest BCUT2D eigenvalue weighted by atomic mass is 9.95. The number of aryl methyl sites for hydroxylation is 2. The lowest BCUT2D eigenvalue weighted by Gasteiger charge is -2.33. The molecule has 2 aliphatic rings. The summed E-state index contributed by atoms with van der Waals surface area (Å²) in [6.07, 6.45) is 11.8. The minimum atomic E-state index is -0.0375. The van der Waals surface area contributed by atoms with Gasteiger partial charge in [0.1, 0.15) is 11.3 Å². The second-order valence-corrected chi connectivity index (χ2v) is 7.76. The first-order chi connectivity index (χ1) is 13.8. The van der Waals surface area contributed by atoms with Gasteiger partial charge in [0.25, 0.3) is 0 Å². The Morgan fingerprint density at radius 2 is 2.21 bits per heavy atom. The van der Waals surface area contributed by atoms with Crippen LogP contribution in [0.1, 0.15) is 42.7 Å². The van der Waals surface area contributed by atoms with Gasteiger partial charge in [-0.3, -0.25) is 4.79 Å². The summed E-state index contributed by atoms with van der Waals surface area (Å²) in [7, 11) is 0. The quantitative estimate of drug-likeness (QED) is 0.754. The summed E-state index contributed by atoms with van der Waals surface area (Å²) in [5.74, 6) is 1.80. The van der Waals surface area contributed by atoms with Crippen molar-refractivity contribution in [1.82, 2.24) is 19.9 Å². The topological polar surface area (TPSA) is 75.7 Å². The van der Waals surface area contributed by atoms with Crippen LogP contribution in [0.4, 0.5) is 5.82 Å². The van der Waals surface area contributed by atoms with Crippen molar-refractivity contribution in [3.05, 3.63) is 47.8 Å². The number of aromatic nitrogens is 3. The number of anilines is 1. The van der Waals surface area contributed by atoms with E-state index in [4.69, 9.17) is 14.5 Å². The molecule has 1 fully saturated rings. The van der Waals surface area contributed by atoms with Crippen molar-refractivity contribution in [2.24, 2.45) is 5.92 Å². The number of piperidine rings is 1. The molecule has 7 nitrogen and oxygen atoms in total. The minimum absolute atomic E-state index is 0.0375. The zero-order valence-electron chi connectivity index (χ0n) is 15.9. The van der Waals surface area contributed by atoms with Crippen LogP contribution in [0.5, 0.6) is 0 Å². The second-order valence-electron chi connectivity index (χ2n) is 7.76. The van der Waals surface area contributed by atoms with Gasteiger partial charge in [-0.25, -0.2) is 9.50 Å². The zero-order valence-corrected chi connectivity index (χ0v) is 15.9. The van der Waals surface area contributed by atoms with Gasteiger partial charge in [0.2, 0.25) is 5.91 Å². The van der Waals surface area contributed by atoms with Crippen LogP contribution in [0, 0.1) is 5.92 Å². The van der Waals surface area contributed by atoms with Crippen molar-refractivity contribution >= 4 is 17.2 Å². The molecule has 3 aromatic heterocycles. The molecule has 0 bridgehead atoms. The van der Waals surface area contributed by atoms with Crippen LogP contribution >= 0.6 is 0 Å². The van der Waals surface area contributed by atoms with Crippen LogP contribution in [0.2, 0.25) is 0 Å². The molecule has 1 aliphatic carbocycles. The fourth-order valence-corrected chi connectivity index (χ4v) is 4.49. The van der Waals surface area contributed by atoms with E-state index in [2.05, 4.69) is 10.2 Å². The van der Waals surface area contributed by atoms with Gasteiger partial charge in [0.05, 0.1) is 24.4 Å². The van der Waals surface area contributed by atoms with Crippen LogP contribution in [0.25, 0.3) is 5.52 Å². The largest absolute Gasteiger partial charge is 0.467 e. The third-order valence-corrected chi connectivity index (χ3v) is 5.91. The van der Waals surface area contributed by atoms with Crippen molar-refractivity contribution in [3.63, 3.8) is 0 Å². The average Bonchev–Trinajstić information content (AvgIpc) is 3.39. The Bertz CT molecular complexity index is 978. The second kappa shape index (κ2) is 7.30. The van der Waals surface area contributed by atoms with Gasteiger partial charge in [-0.05, 0) is 50.7 Å². The van der Waals surface area contributed by atoms with E-state index in [0.29, 0.717) is 13.1 Å². The van der Waals surface area contributed by atoms with E-state index in [9.17, 15) is 4.79 Å². The number of nitrogens with one attached hydrogen (secondary N) is 1. The SMILES string of the molecule is O=C(NCc1ccco1)[C@@H]1CCCN(c2nccn3nc4c(c23)CCCC4)C1. The minimum Gasteiger partial charge on any atom is -0.467 e. The molecular formula is C21H25N5O2. The monoisotopic (exact) mass is 379 g/mol. The molecule has 0 radical (unpaired) electrons. The molecular weight excluding hydrogens is 354 g/mol. The number of fused-ring (bicyclic) bond motifs is 3. The highest BCUT2D eigenvalue weighted by molar-refractivity contribution is 5.80. The van der Waals surface area contributed by atoms with Crippen molar-refractivity contribution in [2.45, 2.75) is 45.1 Å². The van der Waals surface area contributed by atoms with Crippen LogP contribution in [0.3, 0.4) is 0 Å². The van der Waals surface area contributed by atoms with Gasteiger partial charge in [-0.15, -0.1) is 0 Å². The highest BCUT2D eigenvalue weighted by atomic mass is 16.3. The van der Waals surface area contributed by atoms with E-state index in [1.807, 2.05) is 29.0 Å². The van der Waals surface area contributed by atoms with Gasteiger partial charge in [-0.1, -0.05) is 0 Å². The molecule has 1 amide bonds. The van der Waals surface area contributed by atoms with Crippen molar-refractivity contribution in [1.29, 1.82) is 0 Å². The highest BCUT2D eigenvalue weighted by Crippen LogP contribution is 2.32. The molecule has 4 heterocycles. The first-order valence-corrected chi connectivity index (χ1v) is 10.2. The van der Waals surface area contributed by atoms with Crippen LogP contribution in [-0.2, 0) is 24.2 Å². The Labute approximate surface area is 163 Å². The molecule has 0 saturated carbocycles. The molecule has 3 aromatic rings. The zero-order chi connectivity index (χ0) is 18.9. The number of carbonyl (C=O) groups excluding carboxylic acids is 1. The van der Waals surface area contributed by atoms with E-state index in [1.54, 1.807) is 6.26 Å². The Balaban J connectivity index is 1.36. The predicted molar refractivity (Wildman–Crippen MR) is 105 cm³/mol. The van der Waals surface area contributed by atoms with Gasteiger partial charge in [0, 0.05) is 31.0 Å². The van der Waals surface area contributed by atoms with Crippen molar-refractivity contribution in [3.8, 4) is 0 Å². The maximum absolute atomic E-state index is 12.7. The predicted octanol–water partition coefficient (Wildman–Crippen LogP) is 2.73. The van der Waals surface area contributed by atoms with Gasteiger partial charge < -0.3 is 14.6 Å². The number of amides is 1. The van der Waals surface area contributed by atoms with Gasteiger partial charge in [-0.2, -0.15) is 5.10 Å². The maximum atomic E-state index is 12.7. The Morgan fingerprint density at radius 3 is 3.11 bits per heavy atom. The summed E-state index contributed by atoms with van der Waals surface area (Å²) < 4.78 is 7.29. The van der Waals surface area contributed by atoms with Gasteiger partial charge >= 0.3 is 0 Å². The Kier molecular flexibility index (Phi) is 4.50. The summed E-state index contributed by atoms with van der Waals surface area (Å²) in [6, 6.07) is 3.71. The summed E-state index contributed by atoms with van der Waals surface area (Å²) >= 11 is 0. The van der Waals surface area contributed by atoms with E-state index < -0.39 is 0 Å². The number of hydrogen-bond donors (Lipinski definition) is 1. The molecule has 1 atom stereocenters. The summed E-state index contributed by atoms with van der Waals surface area (Å²) in [5, 5.41) is 7.79. The summed E-state index contributed by atoms with van der Waals surface area (Å²) in [6.45, 7) is 2.05. The number of rotatable bonds is 4. The van der Waals surface area contributed by atoms with Crippen molar-refractivity contribution in [2.75, 3.05) is 18.0 Å². The highest BCUT2D eigenvalue weighted by Gasteiger charge is 2.29. The summed E-state index contributed by atoms with van der Waals surface area (Å²) in [4.78, 5) is 19.7. The first-order valence-electron chi connectivity index (χ1n) is 10.2. The molecule has 5 rings (SSSR count). The van der Waals surface area contributed by atoms with Crippen LogP contribution in [-0.4, -0.2) is 33.6 Å². The van der Waals surface area contributed by atoms with Crippen LogP contribution in [0.15, 0.2) is 35.2 Å². The average molecular weight is 379 g/mol. The lowest BCUT2D eigenvalue weighted by Crippen LogP contribution is -2.43. The number of nitrogens with zero attached hydrogens (tertiary/aromatic N) is 4. The number of carbonyl (C=O) groups is 1. The third-order valence-electron chi connectivity index (χ3n) is 5.91. The number of furan rings is 1. The maximum Gasteiger partial charge on any atom is 0.225 e. The molecule has 1 N–H and O–H groups in total. The fourth-order valence-electron chi connectivity index (χ4n) is 4.49. The lowest BCUT2D eigenvalue weighted by molar-refractivity contribution is -0.125. The standard InChI is InChI=1S/C21H25N5O2/c27-21(23-13-16-6-4-12-28-16)15-5-3-10-25(14-15)20-19-17-7-1-2-8-18(17)24-26(19)11-9-22-20/h4,6,9,11-12,15H,1-3,5,7-8,10,13-14H2,(H,23,27)/t15-/m1/s1. The van der Waals surface area contributed by atoms with Gasteiger partial charge in [0.15, 0.2) is 5.82 Å². The Morgan fingerprint density at radius 1 is 1.29 bits per heavy atom. The molecule has 1 saturated heterocycles. The van der Waals surface area contributed by atoms with E-state index in [-0.39, 0.29) is 11.8 Å². The van der Waals surface area contributed by atoms with Crippen molar-refractivity contribution < 1.29 is 9.21 Å². The molecule has 28 heavy (non-hydrogen) atoms. The van der Waals surface area contributed by atoms with E-state index in [0.717, 1.165) is 49.3 Å². The molecule has 0 unspecified atom stereocenters. The molecule has 146 valence electrons.